The van der Waals surface area contributed by atoms with Gasteiger partial charge in [-0.3, -0.25) is 4.79 Å². The summed E-state index contributed by atoms with van der Waals surface area (Å²) in [6, 6.07) is 6.78. The zero-order valence-corrected chi connectivity index (χ0v) is 15.3. The quantitative estimate of drug-likeness (QED) is 0.847. The first-order valence-corrected chi connectivity index (χ1v) is 9.71. The van der Waals surface area contributed by atoms with Gasteiger partial charge in [0.2, 0.25) is 5.91 Å². The number of amides is 3. The van der Waals surface area contributed by atoms with Crippen molar-refractivity contribution in [1.29, 1.82) is 0 Å². The Labute approximate surface area is 154 Å². The number of carbonyl (C=O) groups excluding carboxylic acids is 2. The monoisotopic (exact) mass is 361 g/mol. The number of hydrogen-bond donors (Lipinski definition) is 1. The number of halogens is 1. The molecule has 0 spiro atoms. The normalized spacial score (nSPS) is 20.5. The highest BCUT2D eigenvalue weighted by Crippen LogP contribution is 2.21. The average Bonchev–Trinajstić information content (AvgIpc) is 3.06. The Balaban J connectivity index is 1.47. The Morgan fingerprint density at radius 2 is 2.04 bits per heavy atom. The molecule has 142 valence electrons. The van der Waals surface area contributed by atoms with Gasteiger partial charge in [0.25, 0.3) is 0 Å². The number of benzene rings is 1. The molecule has 3 amide bonds. The van der Waals surface area contributed by atoms with Gasteiger partial charge in [-0.1, -0.05) is 18.2 Å². The number of likely N-dealkylation sites (tertiary alicyclic amines) is 2. The van der Waals surface area contributed by atoms with Gasteiger partial charge in [0.1, 0.15) is 5.82 Å². The fraction of sp³-hybridized carbons (Fsp3) is 0.600. The van der Waals surface area contributed by atoms with Crippen molar-refractivity contribution in [3.05, 3.63) is 35.6 Å². The smallest absolute Gasteiger partial charge is 0.317 e. The van der Waals surface area contributed by atoms with Crippen LogP contribution in [-0.2, 0) is 11.2 Å². The van der Waals surface area contributed by atoms with Crippen LogP contribution in [0.1, 0.15) is 44.1 Å². The fourth-order valence-electron chi connectivity index (χ4n) is 3.92. The predicted molar refractivity (Wildman–Crippen MR) is 98.3 cm³/mol. The maximum absolute atomic E-state index is 13.7. The summed E-state index contributed by atoms with van der Waals surface area (Å²) in [6.45, 7) is 2.76. The Morgan fingerprint density at radius 1 is 1.19 bits per heavy atom. The molecule has 0 saturated carbocycles. The van der Waals surface area contributed by atoms with Crippen LogP contribution < -0.4 is 5.32 Å². The molecule has 0 aliphatic carbocycles. The van der Waals surface area contributed by atoms with Crippen molar-refractivity contribution in [2.24, 2.45) is 0 Å². The van der Waals surface area contributed by atoms with Crippen LogP contribution in [0.3, 0.4) is 0 Å². The fourth-order valence-corrected chi connectivity index (χ4v) is 3.92. The molecule has 2 saturated heterocycles. The van der Waals surface area contributed by atoms with Crippen molar-refractivity contribution in [1.82, 2.24) is 15.1 Å². The second-order valence-electron chi connectivity index (χ2n) is 7.19. The van der Waals surface area contributed by atoms with E-state index in [-0.39, 0.29) is 23.8 Å². The summed E-state index contributed by atoms with van der Waals surface area (Å²) in [5.41, 5.74) is 0.621. The van der Waals surface area contributed by atoms with E-state index in [0.717, 1.165) is 51.7 Å². The molecule has 0 bridgehead atoms. The largest absolute Gasteiger partial charge is 0.343 e. The van der Waals surface area contributed by atoms with E-state index in [1.807, 2.05) is 9.80 Å². The van der Waals surface area contributed by atoms with Crippen molar-refractivity contribution < 1.29 is 14.0 Å². The van der Waals surface area contributed by atoms with Gasteiger partial charge in [0.15, 0.2) is 0 Å². The molecule has 2 aliphatic heterocycles. The van der Waals surface area contributed by atoms with Crippen molar-refractivity contribution in [2.45, 2.75) is 51.0 Å². The summed E-state index contributed by atoms with van der Waals surface area (Å²) in [5, 5.41) is 2.93. The van der Waals surface area contributed by atoms with Crippen LogP contribution in [0.5, 0.6) is 0 Å². The van der Waals surface area contributed by atoms with E-state index >= 15 is 0 Å². The van der Waals surface area contributed by atoms with E-state index in [0.29, 0.717) is 24.9 Å². The number of rotatable bonds is 6. The lowest BCUT2D eigenvalue weighted by Crippen LogP contribution is -2.50. The highest BCUT2D eigenvalue weighted by atomic mass is 19.1. The van der Waals surface area contributed by atoms with E-state index < -0.39 is 0 Å². The van der Waals surface area contributed by atoms with E-state index in [4.69, 9.17) is 0 Å². The van der Waals surface area contributed by atoms with Crippen LogP contribution in [0.4, 0.5) is 9.18 Å². The van der Waals surface area contributed by atoms with Crippen LogP contribution in [0, 0.1) is 5.82 Å². The second kappa shape index (κ2) is 9.01. The minimum absolute atomic E-state index is 0.0706. The molecule has 1 aromatic carbocycles. The summed E-state index contributed by atoms with van der Waals surface area (Å²) < 4.78 is 13.7. The van der Waals surface area contributed by atoms with Gasteiger partial charge in [-0.15, -0.1) is 0 Å². The lowest BCUT2D eigenvalue weighted by Gasteiger charge is -2.36. The second-order valence-corrected chi connectivity index (χ2v) is 7.19. The van der Waals surface area contributed by atoms with E-state index in [1.165, 1.54) is 6.07 Å². The summed E-state index contributed by atoms with van der Waals surface area (Å²) in [6.07, 6.45) is 6.06. The molecular weight excluding hydrogens is 333 g/mol. The zero-order chi connectivity index (χ0) is 18.4. The number of piperidine rings is 1. The molecule has 0 radical (unpaired) electrons. The molecule has 2 fully saturated rings. The summed E-state index contributed by atoms with van der Waals surface area (Å²) in [4.78, 5) is 28.2. The van der Waals surface area contributed by atoms with Gasteiger partial charge in [-0.2, -0.15) is 0 Å². The molecule has 3 rings (SSSR count). The molecule has 2 aliphatic rings. The SMILES string of the molecule is O=C1CCCN1CC[C@@H]1CCCCN1C(=O)NCCc1ccccc1F. The molecule has 5 nitrogen and oxygen atoms in total. The van der Waals surface area contributed by atoms with Crippen LogP contribution >= 0.6 is 0 Å². The summed E-state index contributed by atoms with van der Waals surface area (Å²) >= 11 is 0. The van der Waals surface area contributed by atoms with Gasteiger partial charge in [-0.05, 0) is 50.2 Å². The molecule has 1 N–H and O–H groups in total. The Kier molecular flexibility index (Phi) is 6.47. The maximum Gasteiger partial charge on any atom is 0.317 e. The average molecular weight is 361 g/mol. The Hall–Kier alpha value is -2.11. The summed E-state index contributed by atoms with van der Waals surface area (Å²) in [5.74, 6) is 0.00887. The first kappa shape index (κ1) is 18.7. The van der Waals surface area contributed by atoms with Gasteiger partial charge >= 0.3 is 6.03 Å². The van der Waals surface area contributed by atoms with E-state index in [1.54, 1.807) is 18.2 Å². The number of carbonyl (C=O) groups is 2. The van der Waals surface area contributed by atoms with Gasteiger partial charge < -0.3 is 15.1 Å². The zero-order valence-electron chi connectivity index (χ0n) is 15.3. The van der Waals surface area contributed by atoms with Crippen LogP contribution in [0.15, 0.2) is 24.3 Å². The highest BCUT2D eigenvalue weighted by Gasteiger charge is 2.28. The predicted octanol–water partition coefficient (Wildman–Crippen LogP) is 2.94. The maximum atomic E-state index is 13.7. The number of nitrogens with one attached hydrogen (secondary N) is 1. The van der Waals surface area contributed by atoms with Crippen molar-refractivity contribution in [3.63, 3.8) is 0 Å². The molecule has 0 unspecified atom stereocenters. The van der Waals surface area contributed by atoms with Crippen molar-refractivity contribution in [3.8, 4) is 0 Å². The van der Waals surface area contributed by atoms with Crippen LogP contribution in [-0.4, -0.2) is 54.0 Å². The van der Waals surface area contributed by atoms with Crippen molar-refractivity contribution >= 4 is 11.9 Å². The molecule has 1 atom stereocenters. The highest BCUT2D eigenvalue weighted by molar-refractivity contribution is 5.78. The summed E-state index contributed by atoms with van der Waals surface area (Å²) in [7, 11) is 0. The minimum atomic E-state index is -0.229. The first-order valence-electron chi connectivity index (χ1n) is 9.71. The molecule has 1 aromatic rings. The third-order valence-corrected chi connectivity index (χ3v) is 5.42. The van der Waals surface area contributed by atoms with Gasteiger partial charge in [-0.25, -0.2) is 9.18 Å². The lowest BCUT2D eigenvalue weighted by molar-refractivity contribution is -0.127. The Morgan fingerprint density at radius 3 is 2.81 bits per heavy atom. The van der Waals surface area contributed by atoms with Crippen LogP contribution in [0.2, 0.25) is 0 Å². The van der Waals surface area contributed by atoms with Gasteiger partial charge in [0, 0.05) is 38.6 Å². The molecule has 0 aromatic heterocycles. The minimum Gasteiger partial charge on any atom is -0.343 e. The number of urea groups is 1. The van der Waals surface area contributed by atoms with Crippen LogP contribution in [0.25, 0.3) is 0 Å². The standard InChI is InChI=1S/C20H28FN3O2/c21-18-8-2-1-6-16(18)10-12-22-20(26)24-14-4-3-7-17(24)11-15-23-13-5-9-19(23)25/h1-2,6,8,17H,3-5,7,9-15H2,(H,22,26)/t17-/m0/s1. The lowest BCUT2D eigenvalue weighted by atomic mass is 9.99. The topological polar surface area (TPSA) is 52.7 Å². The molecule has 6 heteroatoms. The van der Waals surface area contributed by atoms with E-state index in [2.05, 4.69) is 5.32 Å². The third-order valence-electron chi connectivity index (χ3n) is 5.42. The third kappa shape index (κ3) is 4.74. The molecular formula is C20H28FN3O2. The first-order chi connectivity index (χ1) is 12.6. The Bertz CT molecular complexity index is 637. The van der Waals surface area contributed by atoms with Crippen molar-refractivity contribution in [2.75, 3.05) is 26.2 Å². The number of hydrogen-bond acceptors (Lipinski definition) is 2. The van der Waals surface area contributed by atoms with E-state index in [9.17, 15) is 14.0 Å². The number of nitrogens with zero attached hydrogens (tertiary/aromatic N) is 2. The molecule has 2 heterocycles. The van der Waals surface area contributed by atoms with Gasteiger partial charge in [0.05, 0.1) is 0 Å². The molecule has 26 heavy (non-hydrogen) atoms.